The van der Waals surface area contributed by atoms with Gasteiger partial charge in [0.25, 0.3) is 0 Å². The first-order chi connectivity index (χ1) is 16.5. The number of phenols is 1. The van der Waals surface area contributed by atoms with E-state index < -0.39 is 0 Å². The molecule has 2 fully saturated rings. The number of carbonyl (C=O) groups is 1. The summed E-state index contributed by atoms with van der Waals surface area (Å²) in [4.78, 5) is 20.1. The van der Waals surface area contributed by atoms with Crippen LogP contribution < -0.4 is 0 Å². The van der Waals surface area contributed by atoms with Gasteiger partial charge in [0.05, 0.1) is 11.8 Å². The standard InChI is InChI=1S/C26H31N5O3/c1-30(2)12-5-10-23(33)31-13-11-17(16-31)25-24(22-9-6-14-34-22)19-15-20(28-29-26(19)27-25)18-7-3-4-8-21(18)32/h3-5,7-8,10,15,17,22,32H,6,9,11-14,16H2,1-2H3,(H,27,29)/b10-5+/t17-,22+/m0/s1. The molecule has 8 nitrogen and oxygen atoms in total. The van der Waals surface area contributed by atoms with Crippen molar-refractivity contribution < 1.29 is 14.6 Å². The number of ether oxygens (including phenoxy) is 1. The van der Waals surface area contributed by atoms with E-state index in [1.54, 1.807) is 18.2 Å². The molecule has 3 aromatic rings. The van der Waals surface area contributed by atoms with Crippen LogP contribution in [0.25, 0.3) is 22.3 Å². The van der Waals surface area contributed by atoms with Crippen LogP contribution in [0.15, 0.2) is 42.5 Å². The van der Waals surface area contributed by atoms with Gasteiger partial charge in [-0.05, 0) is 51.6 Å². The Morgan fingerprint density at radius 3 is 2.91 bits per heavy atom. The third kappa shape index (κ3) is 4.43. The van der Waals surface area contributed by atoms with Crippen LogP contribution in [0.2, 0.25) is 0 Å². The summed E-state index contributed by atoms with van der Waals surface area (Å²) in [6, 6.07) is 9.16. The van der Waals surface area contributed by atoms with Crippen LogP contribution in [-0.2, 0) is 9.53 Å². The quantitative estimate of drug-likeness (QED) is 0.545. The average molecular weight is 462 g/mol. The molecule has 2 aliphatic heterocycles. The molecule has 5 rings (SSSR count). The molecule has 2 N–H and O–H groups in total. The minimum atomic E-state index is -0.00471. The zero-order valence-corrected chi connectivity index (χ0v) is 19.7. The van der Waals surface area contributed by atoms with E-state index in [4.69, 9.17) is 4.74 Å². The molecule has 8 heteroatoms. The lowest BCUT2D eigenvalue weighted by molar-refractivity contribution is -0.125. The summed E-state index contributed by atoms with van der Waals surface area (Å²) in [7, 11) is 3.97. The highest BCUT2D eigenvalue weighted by Crippen LogP contribution is 2.42. The van der Waals surface area contributed by atoms with E-state index in [2.05, 4.69) is 15.2 Å². The van der Waals surface area contributed by atoms with Crippen LogP contribution in [0.4, 0.5) is 0 Å². The van der Waals surface area contributed by atoms with E-state index in [1.165, 1.54) is 0 Å². The Balaban J connectivity index is 1.48. The number of para-hydroxylation sites is 1. The zero-order valence-electron chi connectivity index (χ0n) is 19.7. The fourth-order valence-electron chi connectivity index (χ4n) is 4.99. The van der Waals surface area contributed by atoms with Gasteiger partial charge in [0, 0.05) is 60.4 Å². The number of hydrogen-bond acceptors (Lipinski definition) is 6. The number of nitrogens with zero attached hydrogens (tertiary/aromatic N) is 4. The topological polar surface area (TPSA) is 94.6 Å². The minimum Gasteiger partial charge on any atom is -0.507 e. The maximum absolute atomic E-state index is 12.7. The van der Waals surface area contributed by atoms with Crippen LogP contribution >= 0.6 is 0 Å². The number of H-pyrrole nitrogens is 1. The number of aromatic nitrogens is 3. The maximum atomic E-state index is 12.7. The van der Waals surface area contributed by atoms with E-state index >= 15 is 0 Å². The first kappa shape index (κ1) is 22.6. The van der Waals surface area contributed by atoms with Gasteiger partial charge in [-0.3, -0.25) is 4.79 Å². The average Bonchev–Trinajstić information content (AvgIpc) is 3.57. The zero-order chi connectivity index (χ0) is 23.7. The van der Waals surface area contributed by atoms with E-state index in [-0.39, 0.29) is 23.7 Å². The van der Waals surface area contributed by atoms with Gasteiger partial charge in [-0.25, -0.2) is 0 Å². The highest BCUT2D eigenvalue weighted by molar-refractivity contribution is 5.88. The smallest absolute Gasteiger partial charge is 0.246 e. The van der Waals surface area contributed by atoms with Crippen molar-refractivity contribution in [3.05, 3.63) is 53.7 Å². The number of aromatic hydroxyl groups is 1. The largest absolute Gasteiger partial charge is 0.507 e. The van der Waals surface area contributed by atoms with Crippen LogP contribution in [-0.4, -0.2) is 76.3 Å². The molecule has 4 heterocycles. The second-order valence-electron chi connectivity index (χ2n) is 9.40. The lowest BCUT2D eigenvalue weighted by Gasteiger charge is -2.17. The minimum absolute atomic E-state index is 0.00471. The predicted octanol–water partition coefficient (Wildman–Crippen LogP) is 3.62. The van der Waals surface area contributed by atoms with Crippen LogP contribution in [0, 0.1) is 0 Å². The molecule has 2 aliphatic rings. The summed E-state index contributed by atoms with van der Waals surface area (Å²) in [5.41, 5.74) is 4.22. The van der Waals surface area contributed by atoms with Crippen LogP contribution in [0.3, 0.4) is 0 Å². The summed E-state index contributed by atoms with van der Waals surface area (Å²) >= 11 is 0. The van der Waals surface area contributed by atoms with E-state index in [0.717, 1.165) is 61.2 Å². The number of fused-ring (bicyclic) bond motifs is 1. The maximum Gasteiger partial charge on any atom is 0.246 e. The summed E-state index contributed by atoms with van der Waals surface area (Å²) in [6.45, 7) is 2.88. The van der Waals surface area contributed by atoms with Gasteiger partial charge in [-0.1, -0.05) is 18.2 Å². The first-order valence-corrected chi connectivity index (χ1v) is 11.9. The molecule has 0 radical (unpaired) electrons. The Morgan fingerprint density at radius 1 is 1.29 bits per heavy atom. The normalized spacial score (nSPS) is 20.9. The summed E-state index contributed by atoms with van der Waals surface area (Å²) < 4.78 is 6.11. The highest BCUT2D eigenvalue weighted by atomic mass is 16.5. The fourth-order valence-corrected chi connectivity index (χ4v) is 4.99. The number of hydrogen-bond donors (Lipinski definition) is 2. The van der Waals surface area contributed by atoms with Crippen molar-refractivity contribution in [1.82, 2.24) is 25.0 Å². The van der Waals surface area contributed by atoms with Crippen molar-refractivity contribution in [2.24, 2.45) is 0 Å². The van der Waals surface area contributed by atoms with Gasteiger partial charge in [-0.2, -0.15) is 0 Å². The van der Waals surface area contributed by atoms with Crippen molar-refractivity contribution in [1.29, 1.82) is 0 Å². The highest BCUT2D eigenvalue weighted by Gasteiger charge is 2.33. The van der Waals surface area contributed by atoms with E-state index in [9.17, 15) is 9.90 Å². The van der Waals surface area contributed by atoms with Gasteiger partial charge in [-0.15, -0.1) is 10.2 Å². The molecule has 0 aliphatic carbocycles. The van der Waals surface area contributed by atoms with Gasteiger partial charge >= 0.3 is 0 Å². The van der Waals surface area contributed by atoms with Crippen molar-refractivity contribution in [2.45, 2.75) is 31.3 Å². The van der Waals surface area contributed by atoms with E-state index in [0.29, 0.717) is 17.8 Å². The Labute approximate surface area is 199 Å². The number of amides is 1. The Hall–Kier alpha value is -3.23. The molecule has 2 aromatic heterocycles. The van der Waals surface area contributed by atoms with E-state index in [1.807, 2.05) is 48.2 Å². The van der Waals surface area contributed by atoms with Gasteiger partial charge in [0.15, 0.2) is 5.65 Å². The van der Waals surface area contributed by atoms with Crippen molar-refractivity contribution in [2.75, 3.05) is 40.3 Å². The van der Waals surface area contributed by atoms with Crippen molar-refractivity contribution in [3.8, 4) is 17.0 Å². The first-order valence-electron chi connectivity index (χ1n) is 11.9. The number of benzene rings is 1. The fraction of sp³-hybridized carbons (Fsp3) is 0.423. The molecule has 0 spiro atoms. The number of likely N-dealkylation sites (N-methyl/N-ethyl adjacent to an activating group) is 1. The molecule has 1 amide bonds. The molecule has 0 saturated carbocycles. The lowest BCUT2D eigenvalue weighted by Crippen LogP contribution is -2.27. The van der Waals surface area contributed by atoms with Gasteiger partial charge < -0.3 is 24.6 Å². The Kier molecular flexibility index (Phi) is 6.34. The summed E-state index contributed by atoms with van der Waals surface area (Å²) in [6.07, 6.45) is 6.45. The number of aromatic amines is 1. The Bertz CT molecular complexity index is 1210. The number of likely N-dealkylation sites (tertiary alicyclic amines) is 1. The third-order valence-corrected chi connectivity index (χ3v) is 6.70. The molecular formula is C26H31N5O3. The second-order valence-corrected chi connectivity index (χ2v) is 9.40. The molecule has 0 unspecified atom stereocenters. The molecule has 178 valence electrons. The van der Waals surface area contributed by atoms with Gasteiger partial charge in [0.1, 0.15) is 5.75 Å². The summed E-state index contributed by atoms with van der Waals surface area (Å²) in [5.74, 6) is 0.423. The molecule has 2 saturated heterocycles. The lowest BCUT2D eigenvalue weighted by atomic mass is 9.95. The monoisotopic (exact) mass is 461 g/mol. The molecule has 34 heavy (non-hydrogen) atoms. The Morgan fingerprint density at radius 2 is 2.15 bits per heavy atom. The molecule has 0 bridgehead atoms. The van der Waals surface area contributed by atoms with Crippen molar-refractivity contribution >= 4 is 16.9 Å². The number of nitrogens with one attached hydrogen (secondary N) is 1. The van der Waals surface area contributed by atoms with Crippen LogP contribution in [0.5, 0.6) is 5.75 Å². The summed E-state index contributed by atoms with van der Waals surface area (Å²) in [5, 5.41) is 20.1. The second kappa shape index (κ2) is 9.56. The van der Waals surface area contributed by atoms with Crippen molar-refractivity contribution in [3.63, 3.8) is 0 Å². The number of carbonyl (C=O) groups excluding carboxylic acids is 1. The van der Waals surface area contributed by atoms with Crippen LogP contribution in [0.1, 0.15) is 42.5 Å². The third-order valence-electron chi connectivity index (χ3n) is 6.70. The predicted molar refractivity (Wildman–Crippen MR) is 131 cm³/mol. The molecule has 1 aromatic carbocycles. The number of rotatable bonds is 6. The number of phenolic OH excluding ortho intramolecular Hbond substituents is 1. The molecular weight excluding hydrogens is 430 g/mol. The SMILES string of the molecule is CN(C)C/C=C/C(=O)N1CC[C@H](c2[nH]c3nnc(-c4ccccc4O)cc3c2[C@H]2CCCO2)C1. The van der Waals surface area contributed by atoms with Gasteiger partial charge in [0.2, 0.25) is 5.91 Å². The molecule has 2 atom stereocenters.